The molecule has 0 unspecified atom stereocenters. The Morgan fingerprint density at radius 3 is 2.67 bits per heavy atom. The molecule has 0 saturated heterocycles. The van der Waals surface area contributed by atoms with Gasteiger partial charge in [0.1, 0.15) is 0 Å². The number of hydrogen-bond acceptors (Lipinski definition) is 4. The molecule has 0 saturated carbocycles. The highest BCUT2D eigenvalue weighted by Crippen LogP contribution is 2.13. The molecule has 18 heavy (non-hydrogen) atoms. The SMILES string of the molecule is Cc1nc(-n2ccc(C(C)C)n2)ncc1C(=O)O. The molecular formula is C12H14N4O2. The number of aromatic carboxylic acids is 1. The molecule has 6 heteroatoms. The van der Waals surface area contributed by atoms with Crippen LogP contribution >= 0.6 is 0 Å². The lowest BCUT2D eigenvalue weighted by molar-refractivity contribution is 0.0695. The predicted molar refractivity (Wildman–Crippen MR) is 64.9 cm³/mol. The van der Waals surface area contributed by atoms with Crippen molar-refractivity contribution in [3.63, 3.8) is 0 Å². The van der Waals surface area contributed by atoms with Crippen molar-refractivity contribution < 1.29 is 9.90 Å². The van der Waals surface area contributed by atoms with E-state index in [2.05, 4.69) is 15.1 Å². The Balaban J connectivity index is 2.39. The summed E-state index contributed by atoms with van der Waals surface area (Å²) >= 11 is 0. The fraction of sp³-hybridized carbons (Fsp3) is 0.333. The predicted octanol–water partition coefficient (Wildman–Crippen LogP) is 1.79. The number of nitrogens with zero attached hydrogens (tertiary/aromatic N) is 4. The van der Waals surface area contributed by atoms with E-state index in [9.17, 15) is 4.79 Å². The third-order valence-corrected chi connectivity index (χ3v) is 2.60. The van der Waals surface area contributed by atoms with E-state index in [1.54, 1.807) is 17.8 Å². The lowest BCUT2D eigenvalue weighted by Gasteiger charge is -2.03. The maximum absolute atomic E-state index is 10.9. The summed E-state index contributed by atoms with van der Waals surface area (Å²) in [6, 6.07) is 1.90. The third kappa shape index (κ3) is 2.22. The summed E-state index contributed by atoms with van der Waals surface area (Å²) in [4.78, 5) is 19.0. The fourth-order valence-corrected chi connectivity index (χ4v) is 1.53. The first-order chi connectivity index (χ1) is 8.49. The van der Waals surface area contributed by atoms with Crippen molar-refractivity contribution >= 4 is 5.97 Å². The molecule has 0 fully saturated rings. The molecule has 6 nitrogen and oxygen atoms in total. The highest BCUT2D eigenvalue weighted by Gasteiger charge is 2.12. The Morgan fingerprint density at radius 2 is 2.17 bits per heavy atom. The van der Waals surface area contributed by atoms with Crippen LogP contribution in [0.2, 0.25) is 0 Å². The van der Waals surface area contributed by atoms with Crippen LogP contribution in [0.15, 0.2) is 18.5 Å². The number of aromatic nitrogens is 4. The first kappa shape index (κ1) is 12.2. The zero-order chi connectivity index (χ0) is 13.3. The molecule has 0 aromatic carbocycles. The van der Waals surface area contributed by atoms with Gasteiger partial charge in [-0.3, -0.25) is 0 Å². The summed E-state index contributed by atoms with van der Waals surface area (Å²) in [5, 5.41) is 13.2. The summed E-state index contributed by atoms with van der Waals surface area (Å²) in [5.41, 5.74) is 1.47. The fourth-order valence-electron chi connectivity index (χ4n) is 1.53. The summed E-state index contributed by atoms with van der Waals surface area (Å²) in [5.74, 6) is -0.322. The van der Waals surface area contributed by atoms with Crippen LogP contribution in [0.25, 0.3) is 5.95 Å². The van der Waals surface area contributed by atoms with E-state index in [4.69, 9.17) is 5.11 Å². The Hall–Kier alpha value is -2.24. The Morgan fingerprint density at radius 1 is 1.44 bits per heavy atom. The second-order valence-corrected chi connectivity index (χ2v) is 4.31. The number of carboxylic acids is 1. The molecule has 94 valence electrons. The van der Waals surface area contributed by atoms with Crippen LogP contribution in [0.5, 0.6) is 0 Å². The molecule has 0 aliphatic heterocycles. The van der Waals surface area contributed by atoms with Gasteiger partial charge < -0.3 is 5.11 Å². The van der Waals surface area contributed by atoms with Crippen molar-refractivity contribution in [2.45, 2.75) is 26.7 Å². The monoisotopic (exact) mass is 246 g/mol. The van der Waals surface area contributed by atoms with Crippen molar-refractivity contribution in [1.29, 1.82) is 0 Å². The van der Waals surface area contributed by atoms with E-state index in [1.807, 2.05) is 19.9 Å². The smallest absolute Gasteiger partial charge is 0.339 e. The maximum Gasteiger partial charge on any atom is 0.339 e. The van der Waals surface area contributed by atoms with Crippen LogP contribution in [0, 0.1) is 6.92 Å². The molecular weight excluding hydrogens is 232 g/mol. The third-order valence-electron chi connectivity index (χ3n) is 2.60. The minimum atomic E-state index is -1.03. The summed E-state index contributed by atoms with van der Waals surface area (Å²) in [6.45, 7) is 5.74. The first-order valence-electron chi connectivity index (χ1n) is 5.62. The summed E-state index contributed by atoms with van der Waals surface area (Å²) < 4.78 is 1.55. The summed E-state index contributed by atoms with van der Waals surface area (Å²) in [6.07, 6.45) is 3.07. The summed E-state index contributed by atoms with van der Waals surface area (Å²) in [7, 11) is 0. The highest BCUT2D eigenvalue weighted by molar-refractivity contribution is 5.88. The van der Waals surface area contributed by atoms with E-state index in [-0.39, 0.29) is 5.56 Å². The zero-order valence-electron chi connectivity index (χ0n) is 10.5. The van der Waals surface area contributed by atoms with Crippen LogP contribution in [0.3, 0.4) is 0 Å². The van der Waals surface area contributed by atoms with Gasteiger partial charge in [0.15, 0.2) is 0 Å². The van der Waals surface area contributed by atoms with Crippen molar-refractivity contribution in [1.82, 2.24) is 19.7 Å². The van der Waals surface area contributed by atoms with Gasteiger partial charge in [0.25, 0.3) is 5.95 Å². The van der Waals surface area contributed by atoms with Crippen LogP contribution in [0.1, 0.15) is 41.5 Å². The topological polar surface area (TPSA) is 80.9 Å². The van der Waals surface area contributed by atoms with E-state index >= 15 is 0 Å². The van der Waals surface area contributed by atoms with Crippen molar-refractivity contribution in [2.75, 3.05) is 0 Å². The van der Waals surface area contributed by atoms with E-state index in [1.165, 1.54) is 6.20 Å². The normalized spacial score (nSPS) is 10.9. The lowest BCUT2D eigenvalue weighted by Crippen LogP contribution is -2.08. The van der Waals surface area contributed by atoms with E-state index in [0.29, 0.717) is 17.6 Å². The van der Waals surface area contributed by atoms with Crippen LogP contribution in [-0.4, -0.2) is 30.8 Å². The molecule has 0 aliphatic rings. The van der Waals surface area contributed by atoms with E-state index < -0.39 is 5.97 Å². The van der Waals surface area contributed by atoms with Gasteiger partial charge in [-0.2, -0.15) is 5.10 Å². The van der Waals surface area contributed by atoms with Gasteiger partial charge in [0.2, 0.25) is 0 Å². The molecule has 0 aliphatic carbocycles. The van der Waals surface area contributed by atoms with Crippen molar-refractivity contribution in [3.05, 3.63) is 35.4 Å². The van der Waals surface area contributed by atoms with Crippen molar-refractivity contribution in [2.24, 2.45) is 0 Å². The van der Waals surface area contributed by atoms with E-state index in [0.717, 1.165) is 5.69 Å². The van der Waals surface area contributed by atoms with Gasteiger partial charge >= 0.3 is 5.97 Å². The number of carboxylic acid groups (broad SMARTS) is 1. The molecule has 0 radical (unpaired) electrons. The number of hydrogen-bond donors (Lipinski definition) is 1. The Kier molecular flexibility index (Phi) is 3.10. The molecule has 0 bridgehead atoms. The number of carbonyl (C=O) groups is 1. The Bertz CT molecular complexity index is 590. The first-order valence-corrected chi connectivity index (χ1v) is 5.62. The second-order valence-electron chi connectivity index (χ2n) is 4.31. The van der Waals surface area contributed by atoms with Crippen LogP contribution < -0.4 is 0 Å². The largest absolute Gasteiger partial charge is 0.478 e. The molecule has 2 heterocycles. The average molecular weight is 246 g/mol. The molecule has 2 rings (SSSR count). The van der Waals surface area contributed by atoms with Gasteiger partial charge in [-0.1, -0.05) is 13.8 Å². The molecule has 0 spiro atoms. The molecule has 2 aromatic rings. The molecule has 0 atom stereocenters. The van der Waals surface area contributed by atoms with Gasteiger partial charge in [0.05, 0.1) is 17.0 Å². The molecule has 2 aromatic heterocycles. The highest BCUT2D eigenvalue weighted by atomic mass is 16.4. The van der Waals surface area contributed by atoms with Gasteiger partial charge in [-0.25, -0.2) is 19.4 Å². The minimum Gasteiger partial charge on any atom is -0.478 e. The quantitative estimate of drug-likeness (QED) is 0.892. The van der Waals surface area contributed by atoms with Crippen molar-refractivity contribution in [3.8, 4) is 5.95 Å². The number of rotatable bonds is 3. The minimum absolute atomic E-state index is 0.106. The zero-order valence-corrected chi connectivity index (χ0v) is 10.5. The number of aryl methyl sites for hydroxylation is 1. The second kappa shape index (κ2) is 4.56. The maximum atomic E-state index is 10.9. The lowest BCUT2D eigenvalue weighted by atomic mass is 10.1. The van der Waals surface area contributed by atoms with Gasteiger partial charge in [0, 0.05) is 12.4 Å². The van der Waals surface area contributed by atoms with Gasteiger partial charge in [-0.05, 0) is 18.9 Å². The van der Waals surface area contributed by atoms with Crippen LogP contribution in [-0.2, 0) is 0 Å². The standard InChI is InChI=1S/C12H14N4O2/c1-7(2)10-4-5-16(15-10)12-13-6-9(11(17)18)8(3)14-12/h4-7H,1-3H3,(H,17,18). The Labute approximate surface area is 104 Å². The molecule has 0 amide bonds. The van der Waals surface area contributed by atoms with Gasteiger partial charge in [-0.15, -0.1) is 0 Å². The molecule has 1 N–H and O–H groups in total. The van der Waals surface area contributed by atoms with Crippen LogP contribution in [0.4, 0.5) is 0 Å². The average Bonchev–Trinajstić information content (AvgIpc) is 2.77.